The van der Waals surface area contributed by atoms with Crippen LogP contribution in [0.3, 0.4) is 0 Å². The fourth-order valence-corrected chi connectivity index (χ4v) is 2.26. The molecule has 82 valence electrons. The van der Waals surface area contributed by atoms with Gasteiger partial charge in [-0.05, 0) is 35.8 Å². The van der Waals surface area contributed by atoms with Crippen LogP contribution in [0.4, 0.5) is 0 Å². The van der Waals surface area contributed by atoms with E-state index in [1.807, 2.05) is 0 Å². The molecule has 1 unspecified atom stereocenters. The first-order valence-electron chi connectivity index (χ1n) is 6.04. The summed E-state index contributed by atoms with van der Waals surface area (Å²) in [7, 11) is 0. The second-order valence-corrected chi connectivity index (χ2v) is 5.03. The Balaban J connectivity index is 2.28. The minimum Gasteiger partial charge on any atom is -0.324 e. The van der Waals surface area contributed by atoms with Gasteiger partial charge >= 0.3 is 0 Å². The lowest BCUT2D eigenvalue weighted by molar-refractivity contribution is 0.409. The Kier molecular flexibility index (Phi) is 3.11. The number of nitrogens with two attached hydrogens (primary N) is 1. The number of benzene rings is 1. The molecule has 1 fully saturated rings. The van der Waals surface area contributed by atoms with Crippen molar-refractivity contribution in [2.75, 3.05) is 0 Å². The molecule has 0 bridgehead atoms. The van der Waals surface area contributed by atoms with Crippen LogP contribution in [-0.2, 0) is 0 Å². The largest absolute Gasteiger partial charge is 0.324 e. The lowest BCUT2D eigenvalue weighted by atomic mass is 9.76. The molecule has 2 rings (SSSR count). The first-order chi connectivity index (χ1) is 7.20. The van der Waals surface area contributed by atoms with Crippen molar-refractivity contribution in [2.24, 2.45) is 11.7 Å². The Morgan fingerprint density at radius 3 is 2.40 bits per heavy atom. The third-order valence-corrected chi connectivity index (χ3v) is 3.62. The van der Waals surface area contributed by atoms with Crippen LogP contribution >= 0.6 is 0 Å². The lowest BCUT2D eigenvalue weighted by Crippen LogP contribution is -2.21. The molecule has 0 heterocycles. The zero-order valence-electron chi connectivity index (χ0n) is 9.74. The van der Waals surface area contributed by atoms with Gasteiger partial charge in [0.15, 0.2) is 0 Å². The van der Waals surface area contributed by atoms with Crippen LogP contribution in [0.15, 0.2) is 24.3 Å². The van der Waals surface area contributed by atoms with Gasteiger partial charge in [0.2, 0.25) is 0 Å². The van der Waals surface area contributed by atoms with E-state index in [1.165, 1.54) is 30.4 Å². The number of hydrogen-bond donors (Lipinski definition) is 1. The van der Waals surface area contributed by atoms with Crippen LogP contribution in [0, 0.1) is 5.92 Å². The highest BCUT2D eigenvalue weighted by Gasteiger charge is 2.24. The normalized spacial score (nSPS) is 18.9. The molecule has 0 saturated heterocycles. The highest BCUT2D eigenvalue weighted by Crippen LogP contribution is 2.39. The number of hydrogen-bond acceptors (Lipinski definition) is 1. The quantitative estimate of drug-likeness (QED) is 0.798. The van der Waals surface area contributed by atoms with E-state index in [1.54, 1.807) is 0 Å². The maximum absolute atomic E-state index is 6.26. The maximum Gasteiger partial charge on any atom is 0.0321 e. The highest BCUT2D eigenvalue weighted by atomic mass is 14.6. The van der Waals surface area contributed by atoms with Crippen molar-refractivity contribution < 1.29 is 0 Å². The zero-order chi connectivity index (χ0) is 10.8. The van der Waals surface area contributed by atoms with Crippen LogP contribution in [-0.4, -0.2) is 0 Å². The van der Waals surface area contributed by atoms with Crippen molar-refractivity contribution in [3.8, 4) is 0 Å². The average molecular weight is 203 g/mol. The van der Waals surface area contributed by atoms with Crippen molar-refractivity contribution >= 4 is 0 Å². The van der Waals surface area contributed by atoms with Gasteiger partial charge in [0.25, 0.3) is 0 Å². The van der Waals surface area contributed by atoms with E-state index in [2.05, 4.69) is 38.1 Å². The summed E-state index contributed by atoms with van der Waals surface area (Å²) >= 11 is 0. The Morgan fingerprint density at radius 1 is 1.20 bits per heavy atom. The van der Waals surface area contributed by atoms with Crippen LogP contribution in [0.2, 0.25) is 0 Å². The second kappa shape index (κ2) is 4.36. The minimum absolute atomic E-state index is 0.196. The molecule has 1 aliphatic rings. The van der Waals surface area contributed by atoms with Gasteiger partial charge in [-0.25, -0.2) is 0 Å². The fourth-order valence-electron chi connectivity index (χ4n) is 2.26. The summed E-state index contributed by atoms with van der Waals surface area (Å²) in [6, 6.07) is 8.92. The fraction of sp³-hybridized carbons (Fsp3) is 0.571. The molecule has 15 heavy (non-hydrogen) atoms. The van der Waals surface area contributed by atoms with Gasteiger partial charge in [-0.1, -0.05) is 44.5 Å². The predicted molar refractivity (Wildman–Crippen MR) is 64.8 cm³/mol. The number of rotatable bonds is 3. The summed E-state index contributed by atoms with van der Waals surface area (Å²) in [6.45, 7) is 4.39. The van der Waals surface area contributed by atoms with Crippen molar-refractivity contribution in [1.82, 2.24) is 0 Å². The van der Waals surface area contributed by atoms with Crippen molar-refractivity contribution in [1.29, 1.82) is 0 Å². The SMILES string of the molecule is CC(C)C(N)c1ccccc1C1CCC1. The topological polar surface area (TPSA) is 26.0 Å². The zero-order valence-corrected chi connectivity index (χ0v) is 9.74. The first-order valence-corrected chi connectivity index (χ1v) is 6.04. The van der Waals surface area contributed by atoms with Crippen LogP contribution < -0.4 is 5.73 Å². The Bertz CT molecular complexity index is 326. The molecule has 1 aromatic rings. The van der Waals surface area contributed by atoms with Crippen LogP contribution in [0.5, 0.6) is 0 Å². The summed E-state index contributed by atoms with van der Waals surface area (Å²) < 4.78 is 0. The molecule has 1 nitrogen and oxygen atoms in total. The van der Waals surface area contributed by atoms with E-state index < -0.39 is 0 Å². The molecule has 1 heteroatoms. The summed E-state index contributed by atoms with van der Waals surface area (Å²) in [5.74, 6) is 1.30. The molecule has 0 aliphatic heterocycles. The molecule has 1 saturated carbocycles. The van der Waals surface area contributed by atoms with E-state index >= 15 is 0 Å². The standard InChI is InChI=1S/C14H21N/c1-10(2)14(15)13-9-4-3-8-12(13)11-6-5-7-11/h3-4,8-11,14H,5-7,15H2,1-2H3. The van der Waals surface area contributed by atoms with Gasteiger partial charge in [-0.15, -0.1) is 0 Å². The molecule has 0 spiro atoms. The highest BCUT2D eigenvalue weighted by molar-refractivity contribution is 5.34. The van der Waals surface area contributed by atoms with Crippen molar-refractivity contribution in [3.63, 3.8) is 0 Å². The van der Waals surface area contributed by atoms with Crippen LogP contribution in [0.1, 0.15) is 56.2 Å². The van der Waals surface area contributed by atoms with Gasteiger partial charge in [0, 0.05) is 6.04 Å². The van der Waals surface area contributed by atoms with E-state index in [4.69, 9.17) is 5.73 Å². The molecular formula is C14H21N. The molecule has 1 atom stereocenters. The van der Waals surface area contributed by atoms with E-state index in [-0.39, 0.29) is 6.04 Å². The molecule has 0 radical (unpaired) electrons. The van der Waals surface area contributed by atoms with E-state index in [0.29, 0.717) is 5.92 Å². The molecule has 1 aromatic carbocycles. The average Bonchev–Trinajstić information content (AvgIpc) is 2.15. The van der Waals surface area contributed by atoms with Crippen LogP contribution in [0.25, 0.3) is 0 Å². The maximum atomic E-state index is 6.26. The molecular weight excluding hydrogens is 182 g/mol. The smallest absolute Gasteiger partial charge is 0.0321 e. The summed E-state index contributed by atoms with van der Waals surface area (Å²) in [5, 5.41) is 0. The van der Waals surface area contributed by atoms with Gasteiger partial charge in [0.1, 0.15) is 0 Å². The van der Waals surface area contributed by atoms with Crippen molar-refractivity contribution in [2.45, 2.75) is 45.1 Å². The summed E-state index contributed by atoms with van der Waals surface area (Å²) in [6.07, 6.45) is 4.08. The Morgan fingerprint density at radius 2 is 1.87 bits per heavy atom. The predicted octanol–water partition coefficient (Wildman–Crippen LogP) is 3.61. The molecule has 0 aromatic heterocycles. The molecule has 2 N–H and O–H groups in total. The van der Waals surface area contributed by atoms with E-state index in [9.17, 15) is 0 Å². The Hall–Kier alpha value is -0.820. The molecule has 0 amide bonds. The second-order valence-electron chi connectivity index (χ2n) is 5.03. The van der Waals surface area contributed by atoms with Gasteiger partial charge in [-0.2, -0.15) is 0 Å². The lowest BCUT2D eigenvalue weighted by Gasteiger charge is -2.30. The minimum atomic E-state index is 0.196. The summed E-state index contributed by atoms with van der Waals surface area (Å²) in [5.41, 5.74) is 9.13. The van der Waals surface area contributed by atoms with Crippen molar-refractivity contribution in [3.05, 3.63) is 35.4 Å². The van der Waals surface area contributed by atoms with Gasteiger partial charge < -0.3 is 5.73 Å². The van der Waals surface area contributed by atoms with Gasteiger partial charge in [-0.3, -0.25) is 0 Å². The Labute approximate surface area is 92.7 Å². The van der Waals surface area contributed by atoms with Gasteiger partial charge in [0.05, 0.1) is 0 Å². The molecule has 1 aliphatic carbocycles. The third kappa shape index (κ3) is 2.07. The first kappa shape index (κ1) is 10.7. The monoisotopic (exact) mass is 203 g/mol. The summed E-state index contributed by atoms with van der Waals surface area (Å²) in [4.78, 5) is 0. The van der Waals surface area contributed by atoms with E-state index in [0.717, 1.165) is 5.92 Å². The third-order valence-electron chi connectivity index (χ3n) is 3.62.